The number of halogens is 1. The summed E-state index contributed by atoms with van der Waals surface area (Å²) < 4.78 is 25.9. The summed E-state index contributed by atoms with van der Waals surface area (Å²) in [6.45, 7) is 0.657. The highest BCUT2D eigenvalue weighted by Gasteiger charge is 2.14. The zero-order valence-corrected chi connectivity index (χ0v) is 19.5. The highest BCUT2D eigenvalue weighted by atomic mass is 19.1. The second-order valence-corrected chi connectivity index (χ2v) is 8.07. The standard InChI is InChI=1S/C28H25FN4O2/c1-34-25-13-10-21(16-26(25)35-2)24-18-28-31-23(20-6-4-3-5-7-20)17-27(33(28)32-24)30-15-14-19-8-11-22(29)12-9-19/h3-13,16-18,30H,14-15H2,1-2H3. The lowest BCUT2D eigenvalue weighted by atomic mass is 10.1. The van der Waals surface area contributed by atoms with E-state index in [1.807, 2.05) is 65.2 Å². The van der Waals surface area contributed by atoms with Crippen LogP contribution in [0.3, 0.4) is 0 Å². The van der Waals surface area contributed by atoms with E-state index in [9.17, 15) is 4.39 Å². The highest BCUT2D eigenvalue weighted by molar-refractivity contribution is 5.72. The second-order valence-electron chi connectivity index (χ2n) is 8.07. The van der Waals surface area contributed by atoms with Crippen molar-refractivity contribution in [3.8, 4) is 34.0 Å². The first kappa shape index (κ1) is 22.4. The van der Waals surface area contributed by atoms with Crippen LogP contribution in [-0.2, 0) is 6.42 Å². The Morgan fingerprint density at radius 2 is 1.57 bits per heavy atom. The lowest BCUT2D eigenvalue weighted by Gasteiger charge is -2.11. The van der Waals surface area contributed by atoms with Crippen LogP contribution in [0.4, 0.5) is 10.2 Å². The van der Waals surface area contributed by atoms with E-state index < -0.39 is 0 Å². The number of rotatable bonds is 8. The summed E-state index contributed by atoms with van der Waals surface area (Å²) in [5.41, 5.74) is 5.31. The molecule has 5 aromatic rings. The van der Waals surface area contributed by atoms with Gasteiger partial charge in [0.25, 0.3) is 0 Å². The Hall–Kier alpha value is -4.39. The number of anilines is 1. The number of ether oxygens (including phenoxy) is 2. The van der Waals surface area contributed by atoms with Gasteiger partial charge in [-0.1, -0.05) is 42.5 Å². The number of methoxy groups -OCH3 is 2. The lowest BCUT2D eigenvalue weighted by molar-refractivity contribution is 0.355. The van der Waals surface area contributed by atoms with Crippen molar-refractivity contribution in [3.63, 3.8) is 0 Å². The Bertz CT molecular complexity index is 1450. The van der Waals surface area contributed by atoms with E-state index in [-0.39, 0.29) is 5.82 Å². The predicted octanol–water partition coefficient (Wildman–Crippen LogP) is 5.87. The van der Waals surface area contributed by atoms with Gasteiger partial charge in [-0.15, -0.1) is 0 Å². The van der Waals surface area contributed by atoms with Crippen LogP contribution in [0.1, 0.15) is 5.56 Å². The Labute approximate surface area is 203 Å². The fourth-order valence-corrected chi connectivity index (χ4v) is 3.98. The van der Waals surface area contributed by atoms with Gasteiger partial charge in [0.2, 0.25) is 0 Å². The molecule has 7 heteroatoms. The van der Waals surface area contributed by atoms with Crippen LogP contribution in [0.5, 0.6) is 11.5 Å². The molecule has 3 aromatic carbocycles. The predicted molar refractivity (Wildman–Crippen MR) is 136 cm³/mol. The van der Waals surface area contributed by atoms with Crippen molar-refractivity contribution in [2.75, 3.05) is 26.1 Å². The third kappa shape index (κ3) is 4.80. The molecule has 0 spiro atoms. The van der Waals surface area contributed by atoms with Gasteiger partial charge >= 0.3 is 0 Å². The fraction of sp³-hybridized carbons (Fsp3) is 0.143. The normalized spacial score (nSPS) is 10.9. The number of hydrogen-bond donors (Lipinski definition) is 1. The van der Waals surface area contributed by atoms with Gasteiger partial charge in [-0.05, 0) is 42.3 Å². The van der Waals surface area contributed by atoms with Gasteiger partial charge in [0.1, 0.15) is 11.6 Å². The topological polar surface area (TPSA) is 60.7 Å². The summed E-state index contributed by atoms with van der Waals surface area (Å²) >= 11 is 0. The maximum Gasteiger partial charge on any atom is 0.161 e. The molecule has 0 saturated heterocycles. The molecule has 2 heterocycles. The van der Waals surface area contributed by atoms with Crippen LogP contribution in [-0.4, -0.2) is 35.4 Å². The summed E-state index contributed by atoms with van der Waals surface area (Å²) in [6, 6.07) is 26.3. The van der Waals surface area contributed by atoms with Gasteiger partial charge in [-0.3, -0.25) is 0 Å². The number of fused-ring (bicyclic) bond motifs is 1. The van der Waals surface area contributed by atoms with E-state index in [1.54, 1.807) is 26.4 Å². The van der Waals surface area contributed by atoms with Crippen LogP contribution in [0.2, 0.25) is 0 Å². The number of nitrogens with one attached hydrogen (secondary N) is 1. The average Bonchev–Trinajstić information content (AvgIpc) is 3.34. The van der Waals surface area contributed by atoms with Crippen molar-refractivity contribution in [1.29, 1.82) is 0 Å². The highest BCUT2D eigenvalue weighted by Crippen LogP contribution is 2.33. The van der Waals surface area contributed by atoms with Gasteiger partial charge in [-0.2, -0.15) is 9.61 Å². The molecule has 0 amide bonds. The van der Waals surface area contributed by atoms with E-state index in [0.717, 1.165) is 46.0 Å². The number of hydrogen-bond acceptors (Lipinski definition) is 5. The molecule has 0 aliphatic rings. The minimum atomic E-state index is -0.232. The zero-order valence-electron chi connectivity index (χ0n) is 19.5. The minimum absolute atomic E-state index is 0.232. The molecule has 0 atom stereocenters. The third-order valence-corrected chi connectivity index (χ3v) is 5.81. The van der Waals surface area contributed by atoms with Gasteiger partial charge < -0.3 is 14.8 Å². The van der Waals surface area contributed by atoms with Crippen LogP contribution < -0.4 is 14.8 Å². The molecule has 0 radical (unpaired) electrons. The van der Waals surface area contributed by atoms with Crippen molar-refractivity contribution in [3.05, 3.63) is 96.3 Å². The first-order valence-corrected chi connectivity index (χ1v) is 11.3. The Balaban J connectivity index is 1.52. The maximum absolute atomic E-state index is 13.2. The van der Waals surface area contributed by atoms with Crippen molar-refractivity contribution in [2.24, 2.45) is 0 Å². The Kier molecular flexibility index (Phi) is 6.30. The molecule has 6 nitrogen and oxygen atoms in total. The molecule has 0 aliphatic heterocycles. The number of benzene rings is 3. The van der Waals surface area contributed by atoms with Crippen LogP contribution in [0, 0.1) is 5.82 Å². The van der Waals surface area contributed by atoms with Crippen molar-refractivity contribution >= 4 is 11.5 Å². The Morgan fingerprint density at radius 1 is 0.800 bits per heavy atom. The maximum atomic E-state index is 13.2. The lowest BCUT2D eigenvalue weighted by Crippen LogP contribution is -2.10. The number of aromatic nitrogens is 3. The SMILES string of the molecule is COc1ccc(-c2cc3nc(-c4ccccc4)cc(NCCc4ccc(F)cc4)n3n2)cc1OC. The van der Waals surface area contributed by atoms with Crippen molar-refractivity contribution in [1.82, 2.24) is 14.6 Å². The van der Waals surface area contributed by atoms with Gasteiger partial charge in [0.05, 0.1) is 25.6 Å². The molecule has 1 N–H and O–H groups in total. The molecule has 35 heavy (non-hydrogen) atoms. The smallest absolute Gasteiger partial charge is 0.161 e. The summed E-state index contributed by atoms with van der Waals surface area (Å²) in [4.78, 5) is 4.87. The molecule has 0 aliphatic carbocycles. The molecule has 5 rings (SSSR count). The Morgan fingerprint density at radius 3 is 2.31 bits per heavy atom. The van der Waals surface area contributed by atoms with E-state index in [2.05, 4.69) is 5.32 Å². The van der Waals surface area contributed by atoms with Gasteiger partial charge in [-0.25, -0.2) is 9.37 Å². The quantitative estimate of drug-likeness (QED) is 0.308. The molecule has 0 unspecified atom stereocenters. The summed E-state index contributed by atoms with van der Waals surface area (Å²) in [5.74, 6) is 1.89. The summed E-state index contributed by atoms with van der Waals surface area (Å²) in [7, 11) is 3.23. The van der Waals surface area contributed by atoms with E-state index in [0.29, 0.717) is 18.0 Å². The van der Waals surface area contributed by atoms with Crippen LogP contribution >= 0.6 is 0 Å². The zero-order chi connectivity index (χ0) is 24.2. The van der Waals surface area contributed by atoms with E-state index in [1.165, 1.54) is 12.1 Å². The van der Waals surface area contributed by atoms with Crippen LogP contribution in [0.15, 0.2) is 84.9 Å². The second kappa shape index (κ2) is 9.85. The molecule has 0 saturated carbocycles. The monoisotopic (exact) mass is 468 g/mol. The largest absolute Gasteiger partial charge is 0.493 e. The summed E-state index contributed by atoms with van der Waals surface area (Å²) in [5, 5.41) is 8.32. The summed E-state index contributed by atoms with van der Waals surface area (Å²) in [6.07, 6.45) is 0.745. The first-order valence-electron chi connectivity index (χ1n) is 11.3. The molecular weight excluding hydrogens is 443 g/mol. The number of nitrogens with zero attached hydrogens (tertiary/aromatic N) is 3. The third-order valence-electron chi connectivity index (χ3n) is 5.81. The van der Waals surface area contributed by atoms with Crippen LogP contribution in [0.25, 0.3) is 28.2 Å². The molecule has 0 fully saturated rings. The molecular formula is C28H25FN4O2. The van der Waals surface area contributed by atoms with Crippen molar-refractivity contribution in [2.45, 2.75) is 6.42 Å². The van der Waals surface area contributed by atoms with E-state index in [4.69, 9.17) is 19.6 Å². The van der Waals surface area contributed by atoms with E-state index >= 15 is 0 Å². The molecule has 0 bridgehead atoms. The van der Waals surface area contributed by atoms with Crippen molar-refractivity contribution < 1.29 is 13.9 Å². The molecule has 2 aromatic heterocycles. The first-order chi connectivity index (χ1) is 17.1. The van der Waals surface area contributed by atoms with Gasteiger partial charge in [0, 0.05) is 29.8 Å². The molecule has 176 valence electrons. The average molecular weight is 469 g/mol. The van der Waals surface area contributed by atoms with Gasteiger partial charge in [0.15, 0.2) is 17.1 Å². The fourth-order valence-electron chi connectivity index (χ4n) is 3.98. The minimum Gasteiger partial charge on any atom is -0.493 e.